The molecule has 1 amide bonds. The predicted octanol–water partition coefficient (Wildman–Crippen LogP) is 0.464. The number of esters is 1. The molecule has 0 unspecified atom stereocenters. The Morgan fingerprint density at radius 2 is 2.09 bits per heavy atom. The number of carbonyl (C=O) groups is 2. The first-order chi connectivity index (χ1) is 10.8. The maximum Gasteiger partial charge on any atom is 0.338 e. The van der Waals surface area contributed by atoms with Crippen LogP contribution in [0, 0.1) is 6.92 Å². The summed E-state index contributed by atoms with van der Waals surface area (Å²) in [5.74, 6) is -0.597. The van der Waals surface area contributed by atoms with Crippen LogP contribution in [0.15, 0.2) is 18.2 Å². The van der Waals surface area contributed by atoms with Gasteiger partial charge in [-0.25, -0.2) is 13.2 Å². The molecule has 1 N–H and O–H groups in total. The summed E-state index contributed by atoms with van der Waals surface area (Å²) >= 11 is 0. The monoisotopic (exact) mass is 341 g/mol. The number of aryl methyl sites for hydroxylation is 1. The lowest BCUT2D eigenvalue weighted by Crippen LogP contribution is -2.38. The van der Waals surface area contributed by atoms with Crippen molar-refractivity contribution in [3.05, 3.63) is 29.3 Å². The van der Waals surface area contributed by atoms with E-state index < -0.39 is 34.4 Å². The molecule has 1 aromatic rings. The number of hydrogen-bond acceptors (Lipinski definition) is 6. The lowest BCUT2D eigenvalue weighted by Gasteiger charge is -2.11. The molecule has 0 aliphatic carbocycles. The second kappa shape index (κ2) is 6.99. The molecule has 1 aliphatic heterocycles. The highest BCUT2D eigenvalue weighted by atomic mass is 32.2. The van der Waals surface area contributed by atoms with E-state index in [0.29, 0.717) is 12.2 Å². The summed E-state index contributed by atoms with van der Waals surface area (Å²) in [5.41, 5.74) is 1.16. The van der Waals surface area contributed by atoms with E-state index in [1.165, 1.54) is 7.11 Å². The van der Waals surface area contributed by atoms with E-state index in [9.17, 15) is 18.0 Å². The van der Waals surface area contributed by atoms with Gasteiger partial charge in [-0.3, -0.25) is 4.79 Å². The smallest absolute Gasteiger partial charge is 0.338 e. The largest absolute Gasteiger partial charge is 0.496 e. The Hall–Kier alpha value is -2.09. The van der Waals surface area contributed by atoms with Crippen LogP contribution >= 0.6 is 0 Å². The Morgan fingerprint density at radius 3 is 2.70 bits per heavy atom. The van der Waals surface area contributed by atoms with Crippen LogP contribution in [0.5, 0.6) is 5.75 Å². The van der Waals surface area contributed by atoms with Gasteiger partial charge in [0.25, 0.3) is 5.91 Å². The van der Waals surface area contributed by atoms with Crippen LogP contribution in [0.3, 0.4) is 0 Å². The van der Waals surface area contributed by atoms with Crippen LogP contribution in [0.25, 0.3) is 0 Å². The lowest BCUT2D eigenvalue weighted by atomic mass is 10.1. The molecule has 0 aromatic heterocycles. The number of sulfone groups is 1. The highest BCUT2D eigenvalue weighted by molar-refractivity contribution is 7.91. The van der Waals surface area contributed by atoms with Gasteiger partial charge in [0.2, 0.25) is 0 Å². The summed E-state index contributed by atoms with van der Waals surface area (Å²) in [7, 11) is -1.56. The molecule has 1 fully saturated rings. The first kappa shape index (κ1) is 17.3. The fourth-order valence-corrected chi connectivity index (χ4v) is 4.01. The molecule has 1 atom stereocenters. The number of nitrogens with one attached hydrogen (secondary N) is 1. The van der Waals surface area contributed by atoms with E-state index in [1.54, 1.807) is 18.2 Å². The van der Waals surface area contributed by atoms with Gasteiger partial charge in [0, 0.05) is 6.04 Å². The second-order valence-corrected chi connectivity index (χ2v) is 7.66. The molecule has 0 saturated carbocycles. The number of carbonyl (C=O) groups excluding carboxylic acids is 2. The molecule has 0 bridgehead atoms. The molecular formula is C15H19NO6S. The summed E-state index contributed by atoms with van der Waals surface area (Å²) in [6.45, 7) is 1.39. The lowest BCUT2D eigenvalue weighted by molar-refractivity contribution is -0.124. The number of benzene rings is 1. The Bertz CT molecular complexity index is 713. The molecule has 1 saturated heterocycles. The van der Waals surface area contributed by atoms with Crippen molar-refractivity contribution in [2.75, 3.05) is 25.2 Å². The molecule has 0 radical (unpaired) electrons. The van der Waals surface area contributed by atoms with Crippen LogP contribution in [-0.2, 0) is 19.4 Å². The van der Waals surface area contributed by atoms with Gasteiger partial charge in [0.1, 0.15) is 5.75 Å². The van der Waals surface area contributed by atoms with Gasteiger partial charge in [-0.15, -0.1) is 0 Å². The van der Waals surface area contributed by atoms with E-state index in [2.05, 4.69) is 5.32 Å². The summed E-state index contributed by atoms with van der Waals surface area (Å²) < 4.78 is 32.7. The quantitative estimate of drug-likeness (QED) is 0.782. The normalized spacial score (nSPS) is 19.1. The fraction of sp³-hybridized carbons (Fsp3) is 0.467. The molecule has 126 valence electrons. The first-order valence-corrected chi connectivity index (χ1v) is 8.94. The minimum absolute atomic E-state index is 0.0676. The Kier molecular flexibility index (Phi) is 5.25. The topological polar surface area (TPSA) is 98.8 Å². The van der Waals surface area contributed by atoms with Crippen molar-refractivity contribution in [2.24, 2.45) is 0 Å². The average molecular weight is 341 g/mol. The SMILES string of the molecule is COc1cc(C(=O)OCC(=O)N[C@@H]2CCS(=O)(=O)C2)ccc1C. The number of methoxy groups -OCH3 is 1. The summed E-state index contributed by atoms with van der Waals surface area (Å²) in [5, 5.41) is 2.55. The number of ether oxygens (including phenoxy) is 2. The Morgan fingerprint density at radius 1 is 1.35 bits per heavy atom. The number of amides is 1. The van der Waals surface area contributed by atoms with Crippen molar-refractivity contribution < 1.29 is 27.5 Å². The van der Waals surface area contributed by atoms with Crippen molar-refractivity contribution in [3.8, 4) is 5.75 Å². The zero-order chi connectivity index (χ0) is 17.0. The highest BCUT2D eigenvalue weighted by Crippen LogP contribution is 2.19. The van der Waals surface area contributed by atoms with E-state index in [4.69, 9.17) is 9.47 Å². The van der Waals surface area contributed by atoms with Crippen LogP contribution < -0.4 is 10.1 Å². The maximum absolute atomic E-state index is 11.9. The second-order valence-electron chi connectivity index (χ2n) is 5.43. The first-order valence-electron chi connectivity index (χ1n) is 7.12. The molecule has 2 rings (SSSR count). The van der Waals surface area contributed by atoms with Crippen molar-refractivity contribution >= 4 is 21.7 Å². The molecule has 23 heavy (non-hydrogen) atoms. The van der Waals surface area contributed by atoms with Crippen molar-refractivity contribution in [1.29, 1.82) is 0 Å². The number of hydrogen-bond donors (Lipinski definition) is 1. The molecule has 1 aliphatic rings. The van der Waals surface area contributed by atoms with Crippen LogP contribution in [0.4, 0.5) is 0 Å². The van der Waals surface area contributed by atoms with Crippen LogP contribution in [0.2, 0.25) is 0 Å². The van der Waals surface area contributed by atoms with E-state index in [1.807, 2.05) is 6.92 Å². The average Bonchev–Trinajstić information content (AvgIpc) is 2.84. The fourth-order valence-electron chi connectivity index (χ4n) is 2.34. The van der Waals surface area contributed by atoms with E-state index >= 15 is 0 Å². The number of rotatable bonds is 5. The minimum atomic E-state index is -3.06. The summed E-state index contributed by atoms with van der Waals surface area (Å²) in [6.07, 6.45) is 0.386. The van der Waals surface area contributed by atoms with Crippen LogP contribution in [0.1, 0.15) is 22.3 Å². The minimum Gasteiger partial charge on any atom is -0.496 e. The Labute approximate surface area is 134 Å². The third-order valence-corrected chi connectivity index (χ3v) is 5.34. The zero-order valence-electron chi connectivity index (χ0n) is 13.0. The third-order valence-electron chi connectivity index (χ3n) is 3.58. The van der Waals surface area contributed by atoms with Gasteiger partial charge in [-0.2, -0.15) is 0 Å². The van der Waals surface area contributed by atoms with Gasteiger partial charge in [0.15, 0.2) is 16.4 Å². The molecule has 8 heteroatoms. The van der Waals surface area contributed by atoms with Crippen molar-refractivity contribution in [3.63, 3.8) is 0 Å². The summed E-state index contributed by atoms with van der Waals surface area (Å²) in [4.78, 5) is 23.6. The van der Waals surface area contributed by atoms with Crippen LogP contribution in [-0.4, -0.2) is 51.6 Å². The van der Waals surface area contributed by atoms with Gasteiger partial charge in [0.05, 0.1) is 24.2 Å². The summed E-state index contributed by atoms with van der Waals surface area (Å²) in [6, 6.07) is 4.44. The van der Waals surface area contributed by atoms with E-state index in [-0.39, 0.29) is 17.1 Å². The molecule has 1 aromatic carbocycles. The van der Waals surface area contributed by atoms with Gasteiger partial charge < -0.3 is 14.8 Å². The molecular weight excluding hydrogens is 322 g/mol. The zero-order valence-corrected chi connectivity index (χ0v) is 13.8. The standard InChI is InChI=1S/C15H19NO6S/c1-10-3-4-11(7-13(10)21-2)15(18)22-8-14(17)16-12-5-6-23(19,20)9-12/h3-4,7,12H,5-6,8-9H2,1-2H3,(H,16,17)/t12-/m1/s1. The van der Waals surface area contributed by atoms with Crippen molar-refractivity contribution in [1.82, 2.24) is 5.32 Å². The molecule has 0 spiro atoms. The van der Waals surface area contributed by atoms with Gasteiger partial charge in [-0.1, -0.05) is 6.07 Å². The van der Waals surface area contributed by atoms with Gasteiger partial charge >= 0.3 is 5.97 Å². The predicted molar refractivity (Wildman–Crippen MR) is 83.2 cm³/mol. The Balaban J connectivity index is 1.85. The van der Waals surface area contributed by atoms with Gasteiger partial charge in [-0.05, 0) is 31.0 Å². The highest BCUT2D eigenvalue weighted by Gasteiger charge is 2.29. The third kappa shape index (κ3) is 4.69. The molecule has 1 heterocycles. The maximum atomic E-state index is 11.9. The molecule has 7 nitrogen and oxygen atoms in total. The van der Waals surface area contributed by atoms with Crippen molar-refractivity contribution in [2.45, 2.75) is 19.4 Å². The van der Waals surface area contributed by atoms with E-state index in [0.717, 1.165) is 5.56 Å².